The number of rotatable bonds is 0. The fourth-order valence-electron chi connectivity index (χ4n) is 1.56. The summed E-state index contributed by atoms with van der Waals surface area (Å²) in [4.78, 5) is 25.9. The number of aromatic nitrogens is 2. The molecule has 0 bridgehead atoms. The molecule has 0 atom stereocenters. The van der Waals surface area contributed by atoms with Gasteiger partial charge >= 0.3 is 0 Å². The Balaban J connectivity index is 0.000000149. The Kier molecular flexibility index (Phi) is 3.23. The Labute approximate surface area is 104 Å². The van der Waals surface area contributed by atoms with Crippen LogP contribution in [0.4, 0.5) is 0 Å². The van der Waals surface area contributed by atoms with Crippen LogP contribution in [0.15, 0.2) is 36.7 Å². The molecule has 1 aromatic carbocycles. The van der Waals surface area contributed by atoms with E-state index in [0.717, 1.165) is 5.82 Å². The molecule has 1 aromatic heterocycles. The molecule has 5 nitrogen and oxygen atoms in total. The molecule has 0 saturated carbocycles. The van der Waals surface area contributed by atoms with E-state index in [1.807, 2.05) is 24.7 Å². The molecule has 1 aliphatic heterocycles. The second-order valence-corrected chi connectivity index (χ2v) is 3.91. The molecule has 3 rings (SSSR count). The summed E-state index contributed by atoms with van der Waals surface area (Å²) in [6.45, 7) is 1.97. The van der Waals surface area contributed by atoms with Crippen molar-refractivity contribution >= 4 is 11.8 Å². The van der Waals surface area contributed by atoms with E-state index in [0.29, 0.717) is 11.1 Å². The van der Waals surface area contributed by atoms with E-state index < -0.39 is 0 Å². The average Bonchev–Trinajstić information content (AvgIpc) is 2.87. The summed E-state index contributed by atoms with van der Waals surface area (Å²) in [5.41, 5.74) is 0.940. The highest BCUT2D eigenvalue weighted by atomic mass is 16.2. The normalized spacial score (nSPS) is 12.6. The zero-order valence-corrected chi connectivity index (χ0v) is 10.2. The topological polar surface area (TPSA) is 64.0 Å². The molecular weight excluding hydrogens is 230 g/mol. The Morgan fingerprint density at radius 1 is 1.11 bits per heavy atom. The number of carbonyl (C=O) groups is 2. The van der Waals surface area contributed by atoms with Crippen molar-refractivity contribution in [3.05, 3.63) is 53.6 Å². The number of fused-ring (bicyclic) bond motifs is 1. The van der Waals surface area contributed by atoms with E-state index >= 15 is 0 Å². The predicted octanol–water partition coefficient (Wildman–Crippen LogP) is 1.30. The first-order valence-electron chi connectivity index (χ1n) is 5.48. The Morgan fingerprint density at radius 3 is 2.00 bits per heavy atom. The lowest BCUT2D eigenvalue weighted by Crippen LogP contribution is -2.19. The number of aryl methyl sites for hydroxylation is 2. The molecule has 0 radical (unpaired) electrons. The zero-order chi connectivity index (χ0) is 13.1. The summed E-state index contributed by atoms with van der Waals surface area (Å²) >= 11 is 0. The van der Waals surface area contributed by atoms with E-state index in [4.69, 9.17) is 0 Å². The van der Waals surface area contributed by atoms with Crippen LogP contribution in [0, 0.1) is 6.92 Å². The number of benzene rings is 1. The fraction of sp³-hybridized carbons (Fsp3) is 0.154. The molecule has 2 amide bonds. The van der Waals surface area contributed by atoms with Crippen molar-refractivity contribution in [2.75, 3.05) is 0 Å². The SMILES string of the molecule is Cc1nccn1C.O=C1NC(=O)c2ccccc21. The minimum atomic E-state index is -0.300. The van der Waals surface area contributed by atoms with Crippen LogP contribution in [0.5, 0.6) is 0 Å². The highest BCUT2D eigenvalue weighted by Crippen LogP contribution is 2.13. The molecule has 1 N–H and O–H groups in total. The second-order valence-electron chi connectivity index (χ2n) is 3.91. The van der Waals surface area contributed by atoms with Gasteiger partial charge in [-0.1, -0.05) is 12.1 Å². The molecule has 0 saturated heterocycles. The minimum Gasteiger partial charge on any atom is -0.338 e. The van der Waals surface area contributed by atoms with Gasteiger partial charge in [0.05, 0.1) is 11.1 Å². The number of hydrogen-bond acceptors (Lipinski definition) is 3. The van der Waals surface area contributed by atoms with Crippen LogP contribution in [0.25, 0.3) is 0 Å². The van der Waals surface area contributed by atoms with E-state index in [1.54, 1.807) is 30.5 Å². The molecule has 92 valence electrons. The lowest BCUT2D eigenvalue weighted by atomic mass is 10.1. The lowest BCUT2D eigenvalue weighted by Gasteiger charge is -1.88. The van der Waals surface area contributed by atoms with Crippen molar-refractivity contribution in [1.82, 2.24) is 14.9 Å². The third-order valence-electron chi connectivity index (χ3n) is 2.71. The van der Waals surface area contributed by atoms with Crippen molar-refractivity contribution in [3.8, 4) is 0 Å². The van der Waals surface area contributed by atoms with Gasteiger partial charge in [-0.3, -0.25) is 14.9 Å². The summed E-state index contributed by atoms with van der Waals surface area (Å²) in [6.07, 6.45) is 3.71. The fourth-order valence-corrected chi connectivity index (χ4v) is 1.56. The molecule has 5 heteroatoms. The minimum absolute atomic E-state index is 0.300. The molecule has 1 aliphatic rings. The summed E-state index contributed by atoms with van der Waals surface area (Å²) in [7, 11) is 1.97. The van der Waals surface area contributed by atoms with Crippen molar-refractivity contribution in [2.24, 2.45) is 7.05 Å². The standard InChI is InChI=1S/C8H5NO2.C5H8N2/c10-7-5-3-1-2-4-6(5)8(11)9-7;1-5-6-3-4-7(5)2/h1-4H,(H,9,10,11);3-4H,1-2H3. The smallest absolute Gasteiger partial charge is 0.258 e. The molecular formula is C13H13N3O2. The predicted molar refractivity (Wildman–Crippen MR) is 66.2 cm³/mol. The van der Waals surface area contributed by atoms with Crippen LogP contribution in [0.2, 0.25) is 0 Å². The number of nitrogens with zero attached hydrogens (tertiary/aromatic N) is 2. The lowest BCUT2D eigenvalue weighted by molar-refractivity contribution is 0.0879. The number of imidazole rings is 1. The molecule has 0 spiro atoms. The number of hydrogen-bond donors (Lipinski definition) is 1. The third-order valence-corrected chi connectivity index (χ3v) is 2.71. The highest BCUT2D eigenvalue weighted by molar-refractivity contribution is 6.21. The summed E-state index contributed by atoms with van der Waals surface area (Å²) < 4.78 is 1.97. The Bertz CT molecular complexity index is 552. The summed E-state index contributed by atoms with van der Waals surface area (Å²) in [5, 5.41) is 2.20. The van der Waals surface area contributed by atoms with Crippen LogP contribution in [-0.4, -0.2) is 21.4 Å². The van der Waals surface area contributed by atoms with E-state index in [9.17, 15) is 9.59 Å². The van der Waals surface area contributed by atoms with Gasteiger partial charge in [0, 0.05) is 19.4 Å². The van der Waals surface area contributed by atoms with Gasteiger partial charge in [0.15, 0.2) is 0 Å². The van der Waals surface area contributed by atoms with Gasteiger partial charge in [-0.25, -0.2) is 4.98 Å². The van der Waals surface area contributed by atoms with Crippen molar-refractivity contribution < 1.29 is 9.59 Å². The molecule has 0 unspecified atom stereocenters. The van der Waals surface area contributed by atoms with Gasteiger partial charge < -0.3 is 4.57 Å². The molecule has 18 heavy (non-hydrogen) atoms. The van der Waals surface area contributed by atoms with E-state index in [2.05, 4.69) is 10.3 Å². The maximum Gasteiger partial charge on any atom is 0.258 e. The second kappa shape index (κ2) is 4.83. The van der Waals surface area contributed by atoms with E-state index in [1.165, 1.54) is 0 Å². The number of carbonyl (C=O) groups excluding carboxylic acids is 2. The monoisotopic (exact) mass is 243 g/mol. The van der Waals surface area contributed by atoms with Gasteiger partial charge in [0.25, 0.3) is 11.8 Å². The van der Waals surface area contributed by atoms with E-state index in [-0.39, 0.29) is 11.8 Å². The van der Waals surface area contributed by atoms with Crippen molar-refractivity contribution in [3.63, 3.8) is 0 Å². The molecule has 0 fully saturated rings. The number of amides is 2. The van der Waals surface area contributed by atoms with Gasteiger partial charge in [0.2, 0.25) is 0 Å². The van der Waals surface area contributed by atoms with Crippen molar-refractivity contribution in [2.45, 2.75) is 6.92 Å². The summed E-state index contributed by atoms with van der Waals surface area (Å²) in [6, 6.07) is 6.74. The third kappa shape index (κ3) is 2.29. The number of nitrogens with one attached hydrogen (secondary N) is 1. The van der Waals surface area contributed by atoms with Crippen LogP contribution < -0.4 is 5.32 Å². The van der Waals surface area contributed by atoms with Gasteiger partial charge in [0.1, 0.15) is 5.82 Å². The van der Waals surface area contributed by atoms with Gasteiger partial charge in [-0.05, 0) is 19.1 Å². The molecule has 2 heterocycles. The molecule has 0 aliphatic carbocycles. The Morgan fingerprint density at radius 2 is 1.67 bits per heavy atom. The summed E-state index contributed by atoms with van der Waals surface area (Å²) in [5.74, 6) is 0.455. The van der Waals surface area contributed by atoms with Gasteiger partial charge in [-0.15, -0.1) is 0 Å². The van der Waals surface area contributed by atoms with Crippen LogP contribution in [0.3, 0.4) is 0 Å². The van der Waals surface area contributed by atoms with Crippen LogP contribution >= 0.6 is 0 Å². The maximum atomic E-state index is 10.9. The largest absolute Gasteiger partial charge is 0.338 e. The molecule has 2 aromatic rings. The quantitative estimate of drug-likeness (QED) is 0.709. The van der Waals surface area contributed by atoms with Crippen molar-refractivity contribution in [1.29, 1.82) is 0 Å². The van der Waals surface area contributed by atoms with Crippen LogP contribution in [0.1, 0.15) is 26.5 Å². The maximum absolute atomic E-state index is 10.9. The highest BCUT2D eigenvalue weighted by Gasteiger charge is 2.25. The first kappa shape index (κ1) is 12.0. The number of imide groups is 1. The first-order chi connectivity index (χ1) is 8.59. The van der Waals surface area contributed by atoms with Crippen LogP contribution in [-0.2, 0) is 7.05 Å². The zero-order valence-electron chi connectivity index (χ0n) is 10.2. The Hall–Kier alpha value is -2.43. The average molecular weight is 243 g/mol. The van der Waals surface area contributed by atoms with Gasteiger partial charge in [-0.2, -0.15) is 0 Å². The first-order valence-corrected chi connectivity index (χ1v) is 5.48.